The van der Waals surface area contributed by atoms with E-state index in [1.54, 1.807) is 6.26 Å². The molecule has 1 aliphatic rings. The molecule has 0 radical (unpaired) electrons. The third-order valence-electron chi connectivity index (χ3n) is 5.13. The topological polar surface area (TPSA) is 75.4 Å². The number of piperazine rings is 1. The van der Waals surface area contributed by atoms with E-state index < -0.39 is 0 Å². The van der Waals surface area contributed by atoms with E-state index in [1.165, 1.54) is 5.56 Å². The largest absolute Gasteiger partial charge is 0.379 e. The van der Waals surface area contributed by atoms with Gasteiger partial charge in [-0.3, -0.25) is 4.90 Å². The molecular weight excluding hydrogens is 521 g/mol. The maximum Gasteiger partial charge on any atom is 0.194 e. The Hall–Kier alpha value is -1.69. The fourth-order valence-corrected chi connectivity index (χ4v) is 3.53. The van der Waals surface area contributed by atoms with Crippen LogP contribution in [0.25, 0.3) is 0 Å². The zero-order valence-electron chi connectivity index (χ0n) is 19.2. The van der Waals surface area contributed by atoms with Crippen molar-refractivity contribution in [3.05, 3.63) is 53.4 Å². The number of hydrogen-bond acceptors (Lipinski definition) is 6. The van der Waals surface area contributed by atoms with Gasteiger partial charge in [-0.2, -0.15) is 0 Å². The van der Waals surface area contributed by atoms with Crippen molar-refractivity contribution in [1.29, 1.82) is 0 Å². The van der Waals surface area contributed by atoms with Gasteiger partial charge in [0.15, 0.2) is 5.96 Å². The van der Waals surface area contributed by atoms with Gasteiger partial charge in [-0.25, -0.2) is 4.99 Å². The molecule has 178 valence electrons. The lowest BCUT2D eigenvalue weighted by Crippen LogP contribution is -2.52. The summed E-state index contributed by atoms with van der Waals surface area (Å²) in [5, 5.41) is 7.46. The SMILES string of the molecule is CCNC(=NCc1cccc(COCCOCC)c1)N1CCN(Cc2ccon2)CC1.I. The van der Waals surface area contributed by atoms with Crippen molar-refractivity contribution in [3.63, 3.8) is 0 Å². The zero-order valence-corrected chi connectivity index (χ0v) is 21.5. The van der Waals surface area contributed by atoms with E-state index in [0.29, 0.717) is 26.4 Å². The summed E-state index contributed by atoms with van der Waals surface area (Å²) < 4.78 is 15.9. The quantitative estimate of drug-likeness (QED) is 0.197. The van der Waals surface area contributed by atoms with Gasteiger partial charge in [0.1, 0.15) is 6.26 Å². The molecule has 0 unspecified atom stereocenters. The van der Waals surface area contributed by atoms with Crippen LogP contribution in [0.5, 0.6) is 0 Å². The van der Waals surface area contributed by atoms with Gasteiger partial charge in [0, 0.05) is 51.9 Å². The summed E-state index contributed by atoms with van der Waals surface area (Å²) in [6.45, 7) is 12.8. The molecule has 9 heteroatoms. The van der Waals surface area contributed by atoms with Crippen LogP contribution in [0.4, 0.5) is 0 Å². The molecule has 1 saturated heterocycles. The molecule has 0 saturated carbocycles. The van der Waals surface area contributed by atoms with Crippen LogP contribution < -0.4 is 5.32 Å². The van der Waals surface area contributed by atoms with E-state index in [-0.39, 0.29) is 24.0 Å². The Labute approximate surface area is 208 Å². The first kappa shape index (κ1) is 26.6. The van der Waals surface area contributed by atoms with Gasteiger partial charge >= 0.3 is 0 Å². The van der Waals surface area contributed by atoms with Crippen LogP contribution in [0.1, 0.15) is 30.7 Å². The lowest BCUT2D eigenvalue weighted by atomic mass is 10.1. The fraction of sp³-hybridized carbons (Fsp3) is 0.565. The number of nitrogens with zero attached hydrogens (tertiary/aromatic N) is 4. The van der Waals surface area contributed by atoms with Crippen LogP contribution in [-0.4, -0.2) is 73.5 Å². The minimum atomic E-state index is 0. The van der Waals surface area contributed by atoms with Gasteiger partial charge in [-0.15, -0.1) is 24.0 Å². The highest BCUT2D eigenvalue weighted by atomic mass is 127. The molecule has 0 spiro atoms. The second kappa shape index (κ2) is 15.2. The predicted octanol–water partition coefficient (Wildman–Crippen LogP) is 3.13. The number of hydrogen-bond donors (Lipinski definition) is 1. The molecule has 2 aromatic rings. The molecule has 0 amide bonds. The summed E-state index contributed by atoms with van der Waals surface area (Å²) in [4.78, 5) is 9.63. The molecule has 2 heterocycles. The van der Waals surface area contributed by atoms with E-state index in [0.717, 1.165) is 63.1 Å². The smallest absolute Gasteiger partial charge is 0.194 e. The maximum atomic E-state index is 5.69. The summed E-state index contributed by atoms with van der Waals surface area (Å²) in [5.74, 6) is 0.974. The highest BCUT2D eigenvalue weighted by Crippen LogP contribution is 2.10. The Balaban J connectivity index is 0.00000363. The van der Waals surface area contributed by atoms with Crippen molar-refractivity contribution in [2.75, 3.05) is 52.5 Å². The third-order valence-corrected chi connectivity index (χ3v) is 5.13. The standard InChI is InChI=1S/C23H35N5O3.HI/c1-3-24-23(28-11-9-27(10-12-28)18-22-8-13-31-26-22)25-17-20-6-5-7-21(16-20)19-30-15-14-29-4-2;/h5-8,13,16H,3-4,9-12,14-15,17-19H2,1-2H3,(H,24,25);1H. The highest BCUT2D eigenvalue weighted by molar-refractivity contribution is 14.0. The average Bonchev–Trinajstić information content (AvgIpc) is 3.30. The van der Waals surface area contributed by atoms with Crippen molar-refractivity contribution in [2.24, 2.45) is 4.99 Å². The van der Waals surface area contributed by atoms with E-state index in [4.69, 9.17) is 19.0 Å². The Morgan fingerprint density at radius 3 is 2.59 bits per heavy atom. The molecule has 1 fully saturated rings. The van der Waals surface area contributed by atoms with Gasteiger partial charge in [-0.1, -0.05) is 29.4 Å². The molecule has 1 aromatic carbocycles. The predicted molar refractivity (Wildman–Crippen MR) is 136 cm³/mol. The molecule has 32 heavy (non-hydrogen) atoms. The zero-order chi connectivity index (χ0) is 21.7. The van der Waals surface area contributed by atoms with Crippen molar-refractivity contribution < 1.29 is 14.0 Å². The van der Waals surface area contributed by atoms with Crippen LogP contribution in [-0.2, 0) is 29.2 Å². The van der Waals surface area contributed by atoms with Gasteiger partial charge < -0.3 is 24.2 Å². The summed E-state index contributed by atoms with van der Waals surface area (Å²) in [6, 6.07) is 10.4. The fourth-order valence-electron chi connectivity index (χ4n) is 3.53. The minimum absolute atomic E-state index is 0. The second-order valence-corrected chi connectivity index (χ2v) is 7.49. The van der Waals surface area contributed by atoms with E-state index in [1.807, 2.05) is 13.0 Å². The van der Waals surface area contributed by atoms with Crippen LogP contribution in [0.2, 0.25) is 0 Å². The van der Waals surface area contributed by atoms with E-state index in [2.05, 4.69) is 51.5 Å². The average molecular weight is 557 g/mol. The molecule has 0 aliphatic carbocycles. The number of aliphatic imine (C=N–C) groups is 1. The van der Waals surface area contributed by atoms with Crippen LogP contribution >= 0.6 is 24.0 Å². The summed E-state index contributed by atoms with van der Waals surface area (Å²) >= 11 is 0. The summed E-state index contributed by atoms with van der Waals surface area (Å²) in [7, 11) is 0. The van der Waals surface area contributed by atoms with Gasteiger partial charge in [0.2, 0.25) is 0 Å². The molecule has 0 atom stereocenters. The molecule has 8 nitrogen and oxygen atoms in total. The molecule has 1 aromatic heterocycles. The molecule has 3 rings (SSSR count). The molecular formula is C23H36IN5O3. The van der Waals surface area contributed by atoms with Gasteiger partial charge in [0.25, 0.3) is 0 Å². The first-order chi connectivity index (χ1) is 15.3. The number of halogens is 1. The lowest BCUT2D eigenvalue weighted by Gasteiger charge is -2.36. The third kappa shape index (κ3) is 9.05. The van der Waals surface area contributed by atoms with Crippen molar-refractivity contribution >= 4 is 29.9 Å². The number of ether oxygens (including phenoxy) is 2. The number of rotatable bonds is 11. The lowest BCUT2D eigenvalue weighted by molar-refractivity contribution is 0.0453. The molecule has 1 N–H and O–H groups in total. The Morgan fingerprint density at radius 1 is 1.09 bits per heavy atom. The van der Waals surface area contributed by atoms with E-state index in [9.17, 15) is 0 Å². The van der Waals surface area contributed by atoms with Crippen LogP contribution in [0.3, 0.4) is 0 Å². The Morgan fingerprint density at radius 2 is 1.88 bits per heavy atom. The van der Waals surface area contributed by atoms with Crippen molar-refractivity contribution in [3.8, 4) is 0 Å². The number of benzene rings is 1. The normalized spacial score (nSPS) is 14.9. The van der Waals surface area contributed by atoms with Crippen LogP contribution in [0, 0.1) is 0 Å². The maximum absolute atomic E-state index is 5.69. The monoisotopic (exact) mass is 557 g/mol. The molecule has 0 bridgehead atoms. The van der Waals surface area contributed by atoms with Gasteiger partial charge in [0.05, 0.1) is 32.1 Å². The second-order valence-electron chi connectivity index (χ2n) is 7.49. The summed E-state index contributed by atoms with van der Waals surface area (Å²) in [5.41, 5.74) is 3.33. The first-order valence-corrected chi connectivity index (χ1v) is 11.2. The van der Waals surface area contributed by atoms with Crippen LogP contribution in [0.15, 0.2) is 46.1 Å². The number of nitrogens with one attached hydrogen (secondary N) is 1. The number of aromatic nitrogens is 1. The Bertz CT molecular complexity index is 780. The van der Waals surface area contributed by atoms with Crippen molar-refractivity contribution in [2.45, 2.75) is 33.5 Å². The first-order valence-electron chi connectivity index (χ1n) is 11.2. The van der Waals surface area contributed by atoms with E-state index >= 15 is 0 Å². The number of guanidine groups is 1. The van der Waals surface area contributed by atoms with Crippen molar-refractivity contribution in [1.82, 2.24) is 20.3 Å². The van der Waals surface area contributed by atoms with Gasteiger partial charge in [-0.05, 0) is 25.0 Å². The minimum Gasteiger partial charge on any atom is -0.379 e. The Kier molecular flexibility index (Phi) is 12.6. The molecule has 1 aliphatic heterocycles. The summed E-state index contributed by atoms with van der Waals surface area (Å²) in [6.07, 6.45) is 1.63. The highest BCUT2D eigenvalue weighted by Gasteiger charge is 2.20.